The van der Waals surface area contributed by atoms with Gasteiger partial charge in [0.25, 0.3) is 0 Å². The van der Waals surface area contributed by atoms with Crippen molar-refractivity contribution in [2.45, 2.75) is 38.1 Å². The molecule has 4 aromatic rings. The first-order valence-corrected chi connectivity index (χ1v) is 14.2. The van der Waals surface area contributed by atoms with E-state index in [1.807, 2.05) is 17.0 Å². The number of aromatic amines is 1. The molecule has 8 rings (SSSR count). The quantitative estimate of drug-likeness (QED) is 0.393. The average molecular weight is 555 g/mol. The van der Waals surface area contributed by atoms with Crippen LogP contribution in [0.1, 0.15) is 42.0 Å². The van der Waals surface area contributed by atoms with Crippen LogP contribution in [0.25, 0.3) is 11.2 Å². The topological polar surface area (TPSA) is 116 Å². The molecule has 0 radical (unpaired) electrons. The summed E-state index contributed by atoms with van der Waals surface area (Å²) < 4.78 is 20.3. The molecule has 1 saturated heterocycles. The van der Waals surface area contributed by atoms with Crippen molar-refractivity contribution in [2.24, 2.45) is 11.1 Å². The molecule has 5 heterocycles. The summed E-state index contributed by atoms with van der Waals surface area (Å²) in [6.07, 6.45) is 5.57. The molecule has 1 aliphatic carbocycles. The van der Waals surface area contributed by atoms with Gasteiger partial charge in [0.05, 0.1) is 24.7 Å². The van der Waals surface area contributed by atoms with Crippen LogP contribution in [0.4, 0.5) is 27.4 Å². The predicted octanol–water partition coefficient (Wildman–Crippen LogP) is 3.77. The van der Waals surface area contributed by atoms with E-state index in [4.69, 9.17) is 20.4 Å². The van der Waals surface area contributed by atoms with Gasteiger partial charge in [-0.3, -0.25) is 9.89 Å². The molecule has 1 amide bonds. The van der Waals surface area contributed by atoms with Gasteiger partial charge in [0, 0.05) is 38.6 Å². The van der Waals surface area contributed by atoms with E-state index in [0.29, 0.717) is 48.6 Å². The predicted molar refractivity (Wildman–Crippen MR) is 153 cm³/mol. The van der Waals surface area contributed by atoms with Crippen molar-refractivity contribution in [1.82, 2.24) is 20.2 Å². The number of aromatic nitrogens is 4. The van der Waals surface area contributed by atoms with Crippen molar-refractivity contribution in [2.75, 3.05) is 48.0 Å². The number of H-pyrrole nitrogens is 1. The number of fused-ring (bicyclic) bond motifs is 2. The van der Waals surface area contributed by atoms with Gasteiger partial charge < -0.3 is 25.2 Å². The minimum atomic E-state index is -0.320. The van der Waals surface area contributed by atoms with E-state index >= 15 is 0 Å². The number of benzene rings is 2. The number of ether oxygens (including phenoxy) is 1. The van der Waals surface area contributed by atoms with Gasteiger partial charge in [-0.25, -0.2) is 14.4 Å². The Bertz CT molecular complexity index is 1710. The Kier molecular flexibility index (Phi) is 5.31. The summed E-state index contributed by atoms with van der Waals surface area (Å²) in [6, 6.07) is 9.19. The van der Waals surface area contributed by atoms with Gasteiger partial charge in [0.2, 0.25) is 5.91 Å². The van der Waals surface area contributed by atoms with Gasteiger partial charge in [0.1, 0.15) is 17.4 Å². The minimum absolute atomic E-state index is 0.0113. The second-order valence-electron chi connectivity index (χ2n) is 11.6. The second-order valence-corrected chi connectivity index (χ2v) is 11.6. The highest BCUT2D eigenvalue weighted by Crippen LogP contribution is 2.53. The number of hydrogen-bond donors (Lipinski definition) is 2. The normalized spacial score (nSPS) is 21.0. The maximum Gasteiger partial charge on any atom is 0.227 e. The number of hydrogen-bond acceptors (Lipinski definition) is 8. The van der Waals surface area contributed by atoms with Crippen molar-refractivity contribution in [1.29, 1.82) is 0 Å². The Balaban J connectivity index is 1.06. The van der Waals surface area contributed by atoms with Crippen LogP contribution in [0.3, 0.4) is 0 Å². The number of nitrogens with one attached hydrogen (secondary N) is 1. The molecular formula is C30H31FN8O2. The van der Waals surface area contributed by atoms with Gasteiger partial charge >= 0.3 is 0 Å². The third-order valence-corrected chi connectivity index (χ3v) is 9.64. The molecule has 11 heteroatoms. The van der Waals surface area contributed by atoms with E-state index < -0.39 is 0 Å². The monoisotopic (exact) mass is 554 g/mol. The zero-order valence-electron chi connectivity index (χ0n) is 22.9. The number of halogens is 1. The van der Waals surface area contributed by atoms with E-state index in [-0.39, 0.29) is 23.2 Å². The number of nitrogens with zero attached hydrogens (tertiary/aromatic N) is 6. The standard InChI is InChI=1S/C30H31FN8O2/c1-41-22-4-2-3-19-20(22)15-30(27(19)32)7-9-37(10-8-30)23-16-33-25-28(34-23)35-36-29(25)38-11-12-39-24(40)6-5-17-13-18(31)14-21(38)26(17)39/h2-4,13-14,16,27H,5-12,15,32H2,1H3,(H,34,35,36)/t27-/m1/s1. The molecule has 2 aromatic carbocycles. The summed E-state index contributed by atoms with van der Waals surface area (Å²) in [4.78, 5) is 28.2. The lowest BCUT2D eigenvalue weighted by atomic mass is 9.73. The first kappa shape index (κ1) is 24.5. The number of piperidine rings is 1. The Hall–Kier alpha value is -4.25. The van der Waals surface area contributed by atoms with E-state index in [2.05, 4.69) is 21.2 Å². The van der Waals surface area contributed by atoms with Crippen LogP contribution < -0.4 is 25.2 Å². The van der Waals surface area contributed by atoms with Crippen molar-refractivity contribution in [3.05, 3.63) is 59.0 Å². The molecule has 2 aromatic heterocycles. The van der Waals surface area contributed by atoms with Crippen LogP contribution in [0.2, 0.25) is 0 Å². The first-order valence-electron chi connectivity index (χ1n) is 14.2. The molecule has 0 unspecified atom stereocenters. The molecule has 210 valence electrons. The van der Waals surface area contributed by atoms with Crippen LogP contribution in [0.5, 0.6) is 5.75 Å². The fraction of sp³-hybridized carbons (Fsp3) is 0.400. The average Bonchev–Trinajstić information content (AvgIpc) is 3.53. The molecular weight excluding hydrogens is 523 g/mol. The number of anilines is 4. The highest BCUT2D eigenvalue weighted by Gasteiger charge is 2.47. The largest absolute Gasteiger partial charge is 0.496 e. The number of carbonyl (C=O) groups is 1. The number of carbonyl (C=O) groups excluding carboxylic acids is 1. The zero-order valence-corrected chi connectivity index (χ0v) is 22.9. The molecule has 4 aliphatic rings. The lowest BCUT2D eigenvalue weighted by Gasteiger charge is -2.42. The second kappa shape index (κ2) is 8.87. The van der Waals surface area contributed by atoms with Gasteiger partial charge in [0.15, 0.2) is 17.0 Å². The fourth-order valence-electron chi connectivity index (χ4n) is 7.46. The van der Waals surface area contributed by atoms with E-state index in [1.165, 1.54) is 23.3 Å². The number of aryl methyl sites for hydroxylation is 1. The Morgan fingerprint density at radius 1 is 1.12 bits per heavy atom. The lowest BCUT2D eigenvalue weighted by Crippen LogP contribution is -2.45. The van der Waals surface area contributed by atoms with E-state index in [0.717, 1.165) is 55.2 Å². The van der Waals surface area contributed by atoms with Crippen molar-refractivity contribution < 1.29 is 13.9 Å². The number of nitrogens with two attached hydrogens (primary N) is 1. The van der Waals surface area contributed by atoms with Crippen LogP contribution in [0, 0.1) is 11.2 Å². The van der Waals surface area contributed by atoms with E-state index in [9.17, 15) is 9.18 Å². The molecule has 41 heavy (non-hydrogen) atoms. The van der Waals surface area contributed by atoms with Crippen molar-refractivity contribution in [3.8, 4) is 5.75 Å². The summed E-state index contributed by atoms with van der Waals surface area (Å²) in [6.45, 7) is 2.66. The Morgan fingerprint density at radius 3 is 2.78 bits per heavy atom. The summed E-state index contributed by atoms with van der Waals surface area (Å²) >= 11 is 0. The third kappa shape index (κ3) is 3.57. The van der Waals surface area contributed by atoms with Gasteiger partial charge in [-0.15, -0.1) is 0 Å². The van der Waals surface area contributed by atoms with Gasteiger partial charge in [-0.1, -0.05) is 12.1 Å². The summed E-state index contributed by atoms with van der Waals surface area (Å²) in [5, 5.41) is 7.61. The maximum absolute atomic E-state index is 14.6. The smallest absolute Gasteiger partial charge is 0.227 e. The zero-order chi connectivity index (χ0) is 27.9. The minimum Gasteiger partial charge on any atom is -0.496 e. The molecule has 1 atom stereocenters. The first-order chi connectivity index (χ1) is 20.0. The van der Waals surface area contributed by atoms with Crippen LogP contribution in [-0.4, -0.2) is 59.4 Å². The van der Waals surface area contributed by atoms with Crippen molar-refractivity contribution >= 4 is 40.1 Å². The summed E-state index contributed by atoms with van der Waals surface area (Å²) in [7, 11) is 1.72. The van der Waals surface area contributed by atoms with Gasteiger partial charge in [-0.05, 0) is 66.0 Å². The third-order valence-electron chi connectivity index (χ3n) is 9.64. The van der Waals surface area contributed by atoms with E-state index in [1.54, 1.807) is 18.2 Å². The maximum atomic E-state index is 14.6. The van der Waals surface area contributed by atoms with Crippen LogP contribution in [-0.2, 0) is 17.6 Å². The molecule has 0 bridgehead atoms. The number of methoxy groups -OCH3 is 1. The lowest BCUT2D eigenvalue weighted by molar-refractivity contribution is -0.118. The highest BCUT2D eigenvalue weighted by atomic mass is 19.1. The highest BCUT2D eigenvalue weighted by molar-refractivity contribution is 6.03. The summed E-state index contributed by atoms with van der Waals surface area (Å²) in [5.41, 5.74) is 12.8. The number of amides is 1. The molecule has 3 N–H and O–H groups in total. The summed E-state index contributed by atoms with van der Waals surface area (Å²) in [5.74, 6) is 2.06. The molecule has 1 fully saturated rings. The fourth-order valence-corrected chi connectivity index (χ4v) is 7.46. The van der Waals surface area contributed by atoms with Crippen LogP contribution in [0.15, 0.2) is 36.5 Å². The molecule has 3 aliphatic heterocycles. The van der Waals surface area contributed by atoms with Gasteiger partial charge in [-0.2, -0.15) is 5.10 Å². The molecule has 10 nitrogen and oxygen atoms in total. The Labute approximate surface area is 236 Å². The number of rotatable bonds is 3. The molecule has 1 spiro atoms. The Morgan fingerprint density at radius 2 is 1.95 bits per heavy atom. The van der Waals surface area contributed by atoms with Crippen molar-refractivity contribution in [3.63, 3.8) is 0 Å². The molecule has 0 saturated carbocycles. The SMILES string of the molecule is COc1cccc2c1CC1(CCN(c3cnc4c(N5CCN6C(=O)CCc7cc(F)cc5c76)n[nH]c4n3)CC1)[C@@H]2N. The van der Waals surface area contributed by atoms with Crippen LogP contribution >= 0.6 is 0 Å².